The first-order chi connectivity index (χ1) is 6.68. The number of aryl methyl sites for hydroxylation is 1. The second-order valence-electron chi connectivity index (χ2n) is 2.77. The lowest BCUT2D eigenvalue weighted by Gasteiger charge is -1.92. The van der Waals surface area contributed by atoms with Crippen LogP contribution in [0.3, 0.4) is 0 Å². The third kappa shape index (κ3) is 1.26. The first-order valence-electron chi connectivity index (χ1n) is 3.96. The van der Waals surface area contributed by atoms with E-state index in [-0.39, 0.29) is 5.69 Å². The normalized spacial score (nSPS) is 10.4. The molecule has 0 atom stereocenters. The summed E-state index contributed by atoms with van der Waals surface area (Å²) in [6.07, 6.45) is 3.31. The van der Waals surface area contributed by atoms with E-state index in [9.17, 15) is 4.79 Å². The summed E-state index contributed by atoms with van der Waals surface area (Å²) in [7, 11) is 1.58. The van der Waals surface area contributed by atoms with Crippen molar-refractivity contribution in [2.45, 2.75) is 0 Å². The highest BCUT2D eigenvalue weighted by Gasteiger charge is 2.12. The summed E-state index contributed by atoms with van der Waals surface area (Å²) in [6.45, 7) is 0. The quantitative estimate of drug-likeness (QED) is 0.742. The van der Waals surface area contributed by atoms with E-state index in [0.29, 0.717) is 5.82 Å². The fraction of sp³-hybridized carbons (Fsp3) is 0.125. The molecule has 6 nitrogen and oxygen atoms in total. The second-order valence-corrected chi connectivity index (χ2v) is 2.77. The molecule has 2 rings (SSSR count). The summed E-state index contributed by atoms with van der Waals surface area (Å²) in [6, 6.07) is 3.21. The number of carboxylic acids is 1. The van der Waals surface area contributed by atoms with Crippen LogP contribution in [0.1, 0.15) is 10.5 Å². The van der Waals surface area contributed by atoms with Crippen molar-refractivity contribution in [3.8, 4) is 5.82 Å². The SMILES string of the molecule is Cn1nc(-n2cccn2)cc1C(=O)O. The molecule has 0 radical (unpaired) electrons. The van der Waals surface area contributed by atoms with E-state index in [4.69, 9.17) is 5.11 Å². The van der Waals surface area contributed by atoms with Crippen LogP contribution in [0.15, 0.2) is 24.5 Å². The number of nitrogens with zero attached hydrogens (tertiary/aromatic N) is 4. The molecule has 0 unspecified atom stereocenters. The monoisotopic (exact) mass is 192 g/mol. The number of rotatable bonds is 2. The maximum absolute atomic E-state index is 10.7. The van der Waals surface area contributed by atoms with Gasteiger partial charge in [0.1, 0.15) is 5.69 Å². The van der Waals surface area contributed by atoms with Gasteiger partial charge in [-0.3, -0.25) is 4.68 Å². The Morgan fingerprint density at radius 3 is 2.86 bits per heavy atom. The minimum atomic E-state index is -1.00. The number of aromatic carboxylic acids is 1. The van der Waals surface area contributed by atoms with Gasteiger partial charge in [-0.15, -0.1) is 0 Å². The summed E-state index contributed by atoms with van der Waals surface area (Å²) in [5.74, 6) is -0.506. The van der Waals surface area contributed by atoms with Crippen LogP contribution in [0.2, 0.25) is 0 Å². The summed E-state index contributed by atoms with van der Waals surface area (Å²) in [4.78, 5) is 10.7. The highest BCUT2D eigenvalue weighted by molar-refractivity contribution is 5.86. The van der Waals surface area contributed by atoms with Crippen molar-refractivity contribution < 1.29 is 9.90 Å². The van der Waals surface area contributed by atoms with Gasteiger partial charge in [0.15, 0.2) is 5.82 Å². The third-order valence-electron chi connectivity index (χ3n) is 1.83. The van der Waals surface area contributed by atoms with Gasteiger partial charge in [-0.2, -0.15) is 10.2 Å². The Kier molecular flexibility index (Phi) is 1.81. The zero-order chi connectivity index (χ0) is 10.1. The molecule has 0 spiro atoms. The number of carbonyl (C=O) groups is 1. The van der Waals surface area contributed by atoms with Gasteiger partial charge in [-0.1, -0.05) is 0 Å². The molecule has 0 aliphatic carbocycles. The maximum Gasteiger partial charge on any atom is 0.354 e. The average Bonchev–Trinajstić information content (AvgIpc) is 2.70. The molecule has 0 aromatic carbocycles. The first kappa shape index (κ1) is 8.49. The Labute approximate surface area is 79.4 Å². The average molecular weight is 192 g/mol. The van der Waals surface area contributed by atoms with Gasteiger partial charge < -0.3 is 5.11 Å². The molecule has 0 aliphatic rings. The van der Waals surface area contributed by atoms with Gasteiger partial charge in [0.2, 0.25) is 0 Å². The predicted molar refractivity (Wildman–Crippen MR) is 47.3 cm³/mol. The minimum absolute atomic E-state index is 0.135. The third-order valence-corrected chi connectivity index (χ3v) is 1.83. The van der Waals surface area contributed by atoms with E-state index in [0.717, 1.165) is 0 Å². The highest BCUT2D eigenvalue weighted by atomic mass is 16.4. The minimum Gasteiger partial charge on any atom is -0.477 e. The molecule has 0 fully saturated rings. The van der Waals surface area contributed by atoms with Crippen molar-refractivity contribution in [1.82, 2.24) is 19.6 Å². The zero-order valence-corrected chi connectivity index (χ0v) is 7.45. The summed E-state index contributed by atoms with van der Waals surface area (Å²) >= 11 is 0. The van der Waals surface area contributed by atoms with Crippen LogP contribution in [0.5, 0.6) is 0 Å². The molecule has 6 heteroatoms. The van der Waals surface area contributed by atoms with Crippen LogP contribution in [0, 0.1) is 0 Å². The highest BCUT2D eigenvalue weighted by Crippen LogP contribution is 2.06. The summed E-state index contributed by atoms with van der Waals surface area (Å²) in [5.41, 5.74) is 0.135. The van der Waals surface area contributed by atoms with Crippen LogP contribution in [0.4, 0.5) is 0 Å². The van der Waals surface area contributed by atoms with Crippen LogP contribution in [-0.4, -0.2) is 30.6 Å². The Morgan fingerprint density at radius 1 is 1.57 bits per heavy atom. The fourth-order valence-electron chi connectivity index (χ4n) is 1.17. The van der Waals surface area contributed by atoms with Crippen molar-refractivity contribution in [3.63, 3.8) is 0 Å². The van der Waals surface area contributed by atoms with E-state index in [1.54, 1.807) is 25.5 Å². The predicted octanol–water partition coefficient (Wildman–Crippen LogP) is 0.304. The lowest BCUT2D eigenvalue weighted by atomic mass is 10.4. The van der Waals surface area contributed by atoms with Gasteiger partial charge in [0.25, 0.3) is 0 Å². The number of aromatic nitrogens is 4. The molecule has 0 saturated carbocycles. The maximum atomic E-state index is 10.7. The Balaban J connectivity index is 2.48. The molecule has 2 heterocycles. The largest absolute Gasteiger partial charge is 0.477 e. The van der Waals surface area contributed by atoms with Crippen LogP contribution < -0.4 is 0 Å². The van der Waals surface area contributed by atoms with E-state index in [1.165, 1.54) is 15.4 Å². The van der Waals surface area contributed by atoms with Gasteiger partial charge in [-0.05, 0) is 6.07 Å². The number of hydrogen-bond acceptors (Lipinski definition) is 3. The molecule has 1 N–H and O–H groups in total. The number of hydrogen-bond donors (Lipinski definition) is 1. The molecular formula is C8H8N4O2. The fourth-order valence-corrected chi connectivity index (χ4v) is 1.17. The standard InChI is InChI=1S/C8H8N4O2/c1-11-6(8(13)14)5-7(10-11)12-4-2-3-9-12/h2-5H,1H3,(H,13,14). The topological polar surface area (TPSA) is 72.9 Å². The Bertz CT molecular complexity index is 458. The molecule has 0 bridgehead atoms. The molecule has 2 aromatic rings. The van der Waals surface area contributed by atoms with Crippen molar-refractivity contribution in [1.29, 1.82) is 0 Å². The summed E-state index contributed by atoms with van der Waals surface area (Å²) in [5, 5.41) is 16.7. The van der Waals surface area contributed by atoms with Crippen molar-refractivity contribution in [3.05, 3.63) is 30.2 Å². The lowest BCUT2D eigenvalue weighted by Crippen LogP contribution is -2.04. The van der Waals surface area contributed by atoms with E-state index in [1.807, 2.05) is 0 Å². The molecule has 0 aliphatic heterocycles. The molecule has 72 valence electrons. The van der Waals surface area contributed by atoms with E-state index >= 15 is 0 Å². The van der Waals surface area contributed by atoms with Gasteiger partial charge >= 0.3 is 5.97 Å². The van der Waals surface area contributed by atoms with Crippen molar-refractivity contribution in [2.24, 2.45) is 7.05 Å². The van der Waals surface area contributed by atoms with Crippen LogP contribution in [-0.2, 0) is 7.05 Å². The van der Waals surface area contributed by atoms with E-state index < -0.39 is 5.97 Å². The molecule has 2 aromatic heterocycles. The Hall–Kier alpha value is -2.11. The van der Waals surface area contributed by atoms with Crippen molar-refractivity contribution >= 4 is 5.97 Å². The Morgan fingerprint density at radius 2 is 2.36 bits per heavy atom. The van der Waals surface area contributed by atoms with Crippen LogP contribution in [0.25, 0.3) is 5.82 Å². The van der Waals surface area contributed by atoms with Gasteiger partial charge in [0.05, 0.1) is 0 Å². The summed E-state index contributed by atoms with van der Waals surface area (Å²) < 4.78 is 2.81. The smallest absolute Gasteiger partial charge is 0.354 e. The molecule has 14 heavy (non-hydrogen) atoms. The molecule has 0 saturated heterocycles. The van der Waals surface area contributed by atoms with Gasteiger partial charge in [-0.25, -0.2) is 9.48 Å². The second kappa shape index (κ2) is 2.99. The lowest BCUT2D eigenvalue weighted by molar-refractivity contribution is 0.0685. The van der Waals surface area contributed by atoms with Crippen LogP contribution >= 0.6 is 0 Å². The zero-order valence-electron chi connectivity index (χ0n) is 7.45. The number of carboxylic acid groups (broad SMARTS) is 1. The van der Waals surface area contributed by atoms with Gasteiger partial charge in [0, 0.05) is 25.5 Å². The van der Waals surface area contributed by atoms with Crippen molar-refractivity contribution in [2.75, 3.05) is 0 Å². The molecule has 0 amide bonds. The van der Waals surface area contributed by atoms with E-state index in [2.05, 4.69) is 10.2 Å². The first-order valence-corrected chi connectivity index (χ1v) is 3.96. The molecular weight excluding hydrogens is 184 g/mol.